The van der Waals surface area contributed by atoms with E-state index >= 15 is 0 Å². The summed E-state index contributed by atoms with van der Waals surface area (Å²) in [5, 5.41) is 4.11. The summed E-state index contributed by atoms with van der Waals surface area (Å²) in [6, 6.07) is 3.65. The van der Waals surface area contributed by atoms with E-state index in [1.165, 1.54) is 17.7 Å². The quantitative estimate of drug-likeness (QED) is 0.835. The smallest absolute Gasteiger partial charge is 0.252 e. The van der Waals surface area contributed by atoms with Gasteiger partial charge in [0, 0.05) is 24.5 Å². The van der Waals surface area contributed by atoms with E-state index in [0.29, 0.717) is 17.3 Å². The van der Waals surface area contributed by atoms with Crippen LogP contribution < -0.4 is 0 Å². The molecule has 0 bridgehead atoms. The van der Waals surface area contributed by atoms with Gasteiger partial charge in [0.05, 0.1) is 0 Å². The van der Waals surface area contributed by atoms with E-state index < -0.39 is 10.0 Å². The highest BCUT2D eigenvalue weighted by atomic mass is 32.2. The van der Waals surface area contributed by atoms with Crippen molar-refractivity contribution >= 4 is 21.4 Å². The van der Waals surface area contributed by atoms with Crippen molar-refractivity contribution in [2.75, 3.05) is 13.1 Å². The van der Waals surface area contributed by atoms with Gasteiger partial charge < -0.3 is 0 Å². The number of rotatable bonds is 5. The number of hydrogen-bond donors (Lipinski definition) is 0. The summed E-state index contributed by atoms with van der Waals surface area (Å²) in [5.41, 5.74) is 0. The molecule has 0 saturated carbocycles. The molecule has 0 aliphatic carbocycles. The number of sulfonamides is 1. The summed E-state index contributed by atoms with van der Waals surface area (Å²) in [4.78, 5) is 5.04. The zero-order valence-electron chi connectivity index (χ0n) is 12.6. The minimum absolute atomic E-state index is 0.288. The van der Waals surface area contributed by atoms with E-state index in [2.05, 4.69) is 10.1 Å². The van der Waals surface area contributed by atoms with Crippen LogP contribution in [0.4, 0.5) is 0 Å². The molecule has 0 spiro atoms. The fourth-order valence-corrected chi connectivity index (χ4v) is 5.80. The van der Waals surface area contributed by atoms with Crippen LogP contribution in [0.25, 0.3) is 0 Å². The lowest BCUT2D eigenvalue weighted by molar-refractivity contribution is 0.240. The zero-order chi connectivity index (χ0) is 15.6. The van der Waals surface area contributed by atoms with Gasteiger partial charge in [-0.25, -0.2) is 13.4 Å². The van der Waals surface area contributed by atoms with E-state index in [9.17, 15) is 8.42 Å². The van der Waals surface area contributed by atoms with Gasteiger partial charge in [0.15, 0.2) is 0 Å². The largest absolute Gasteiger partial charge is 0.253 e. The summed E-state index contributed by atoms with van der Waals surface area (Å²) in [6.45, 7) is 3.92. The molecule has 8 heteroatoms. The third-order valence-corrected chi connectivity index (χ3v) is 7.54. The van der Waals surface area contributed by atoms with Crippen molar-refractivity contribution < 1.29 is 8.42 Å². The molecule has 1 fully saturated rings. The van der Waals surface area contributed by atoms with Gasteiger partial charge in [-0.3, -0.25) is 4.68 Å². The maximum Gasteiger partial charge on any atom is 0.252 e. The molecule has 6 nitrogen and oxygen atoms in total. The van der Waals surface area contributed by atoms with Crippen molar-refractivity contribution in [3.05, 3.63) is 29.7 Å². The van der Waals surface area contributed by atoms with Gasteiger partial charge in [0.2, 0.25) is 0 Å². The van der Waals surface area contributed by atoms with Crippen molar-refractivity contribution in [1.29, 1.82) is 0 Å². The van der Waals surface area contributed by atoms with Crippen LogP contribution in [0.1, 0.15) is 24.6 Å². The van der Waals surface area contributed by atoms with Crippen molar-refractivity contribution in [3.8, 4) is 0 Å². The molecular formula is C14H20N4O2S2. The Morgan fingerprint density at radius 3 is 2.95 bits per heavy atom. The average molecular weight is 340 g/mol. The van der Waals surface area contributed by atoms with Crippen LogP contribution in [0.3, 0.4) is 0 Å². The van der Waals surface area contributed by atoms with Gasteiger partial charge in [-0.2, -0.15) is 9.40 Å². The average Bonchev–Trinajstić information content (AvgIpc) is 3.18. The van der Waals surface area contributed by atoms with Crippen LogP contribution >= 0.6 is 11.3 Å². The molecule has 0 aromatic carbocycles. The maximum atomic E-state index is 12.8. The van der Waals surface area contributed by atoms with Gasteiger partial charge in [0.1, 0.15) is 16.9 Å². The van der Waals surface area contributed by atoms with Gasteiger partial charge in [0.25, 0.3) is 10.0 Å². The highest BCUT2D eigenvalue weighted by Crippen LogP contribution is 2.29. The molecule has 1 aliphatic rings. The van der Waals surface area contributed by atoms with Crippen LogP contribution in [0.2, 0.25) is 0 Å². The van der Waals surface area contributed by atoms with Crippen molar-refractivity contribution in [3.63, 3.8) is 0 Å². The van der Waals surface area contributed by atoms with Crippen molar-refractivity contribution in [2.45, 2.75) is 36.9 Å². The first-order chi connectivity index (χ1) is 10.6. The third-order valence-electron chi connectivity index (χ3n) is 3.97. The number of nitrogens with zero attached hydrogens (tertiary/aromatic N) is 4. The van der Waals surface area contributed by atoms with Crippen LogP contribution in [-0.2, 0) is 23.0 Å². The molecule has 1 atom stereocenters. The van der Waals surface area contributed by atoms with Crippen LogP contribution in [-0.4, -0.2) is 40.6 Å². The van der Waals surface area contributed by atoms with E-state index in [0.717, 1.165) is 30.7 Å². The fraction of sp³-hybridized carbons (Fsp3) is 0.571. The molecule has 120 valence electrons. The van der Waals surface area contributed by atoms with E-state index in [1.807, 2.05) is 13.0 Å². The summed E-state index contributed by atoms with van der Waals surface area (Å²) >= 11 is 1.38. The summed E-state index contributed by atoms with van der Waals surface area (Å²) in [5.74, 6) is 0.288. The molecule has 0 unspecified atom stereocenters. The monoisotopic (exact) mass is 340 g/mol. The normalized spacial score (nSPS) is 20.3. The van der Waals surface area contributed by atoms with Crippen LogP contribution in [0, 0.1) is 5.92 Å². The lowest BCUT2D eigenvalue weighted by Crippen LogP contribution is -2.40. The molecular weight excluding hydrogens is 320 g/mol. The Morgan fingerprint density at radius 2 is 2.27 bits per heavy atom. The highest BCUT2D eigenvalue weighted by molar-refractivity contribution is 7.91. The predicted octanol–water partition coefficient (Wildman–Crippen LogP) is 2.00. The Balaban J connectivity index is 1.73. The molecule has 3 heterocycles. The standard InChI is InChI=1S/C14H20N4O2S2/c1-2-13-5-6-14(21-13)22(19,20)18-7-3-4-12(9-18)8-17-11-15-10-16-17/h5-6,10-12H,2-4,7-9H2,1H3/t12-/m1/s1. The van der Waals surface area contributed by atoms with Gasteiger partial charge >= 0.3 is 0 Å². The predicted molar refractivity (Wildman–Crippen MR) is 85.2 cm³/mol. The molecule has 2 aromatic heterocycles. The fourth-order valence-electron chi connectivity index (χ4n) is 2.80. The number of hydrogen-bond acceptors (Lipinski definition) is 5. The topological polar surface area (TPSA) is 68.1 Å². The molecule has 0 amide bonds. The maximum absolute atomic E-state index is 12.8. The van der Waals surface area contributed by atoms with Crippen molar-refractivity contribution in [1.82, 2.24) is 19.1 Å². The number of thiophene rings is 1. The Morgan fingerprint density at radius 1 is 1.41 bits per heavy atom. The molecule has 2 aromatic rings. The Labute approximate surface area is 134 Å². The molecule has 0 radical (unpaired) electrons. The second-order valence-corrected chi connectivity index (χ2v) is 8.90. The Kier molecular flexibility index (Phi) is 4.60. The van der Waals surface area contributed by atoms with E-state index in [-0.39, 0.29) is 5.92 Å². The second kappa shape index (κ2) is 6.47. The van der Waals surface area contributed by atoms with Gasteiger partial charge in [-0.15, -0.1) is 11.3 Å². The number of piperidine rings is 1. The minimum atomic E-state index is -3.36. The van der Waals surface area contributed by atoms with Crippen LogP contribution in [0.15, 0.2) is 29.0 Å². The molecule has 1 aliphatic heterocycles. The lowest BCUT2D eigenvalue weighted by Gasteiger charge is -2.31. The van der Waals surface area contributed by atoms with Gasteiger partial charge in [-0.05, 0) is 37.3 Å². The summed E-state index contributed by atoms with van der Waals surface area (Å²) in [7, 11) is -3.36. The molecule has 22 heavy (non-hydrogen) atoms. The molecule has 0 N–H and O–H groups in total. The zero-order valence-corrected chi connectivity index (χ0v) is 14.2. The lowest BCUT2D eigenvalue weighted by atomic mass is 10.00. The summed E-state index contributed by atoms with van der Waals surface area (Å²) < 4.78 is 29.4. The van der Waals surface area contributed by atoms with E-state index in [1.54, 1.807) is 21.4 Å². The van der Waals surface area contributed by atoms with E-state index in [4.69, 9.17) is 0 Å². The van der Waals surface area contributed by atoms with Crippen LogP contribution in [0.5, 0.6) is 0 Å². The molecule has 1 saturated heterocycles. The minimum Gasteiger partial charge on any atom is -0.253 e. The first kappa shape index (κ1) is 15.6. The first-order valence-electron chi connectivity index (χ1n) is 7.51. The Hall–Kier alpha value is -1.25. The number of aromatic nitrogens is 3. The van der Waals surface area contributed by atoms with Gasteiger partial charge in [-0.1, -0.05) is 6.92 Å². The second-order valence-electron chi connectivity index (χ2n) is 5.56. The number of aryl methyl sites for hydroxylation is 1. The Bertz CT molecular complexity index is 709. The highest BCUT2D eigenvalue weighted by Gasteiger charge is 2.31. The van der Waals surface area contributed by atoms with Crippen molar-refractivity contribution in [2.24, 2.45) is 5.92 Å². The third kappa shape index (κ3) is 3.23. The SMILES string of the molecule is CCc1ccc(S(=O)(=O)N2CCC[C@H](Cn3cncn3)C2)s1. The molecule has 3 rings (SSSR count). The summed E-state index contributed by atoms with van der Waals surface area (Å²) in [6.07, 6.45) is 5.98. The first-order valence-corrected chi connectivity index (χ1v) is 9.76.